The Morgan fingerprint density at radius 2 is 2.00 bits per heavy atom. The minimum Gasteiger partial charge on any atom is -0.457 e. The van der Waals surface area contributed by atoms with E-state index in [1.807, 2.05) is 12.1 Å². The van der Waals surface area contributed by atoms with Crippen molar-refractivity contribution < 1.29 is 23.9 Å². The Hall–Kier alpha value is -3.76. The zero-order valence-electron chi connectivity index (χ0n) is 16.6. The van der Waals surface area contributed by atoms with Gasteiger partial charge in [0.2, 0.25) is 0 Å². The normalized spacial score (nSPS) is 15.7. The number of benzene rings is 1. The standard InChI is InChI=1S/C23H20N2O5/c1-14-19(22(28)25(9-4-10-26)23(29)20(14)13-24)12-18-7-8-21(30-18)17-6-3-5-16(11-17)15(2)27/h3,5-8,11-12,26H,4,9-10H2,1-2H3. The molecule has 0 atom stereocenters. The maximum Gasteiger partial charge on any atom is 0.271 e. The van der Waals surface area contributed by atoms with Gasteiger partial charge in [-0.25, -0.2) is 0 Å². The molecule has 1 aliphatic heterocycles. The van der Waals surface area contributed by atoms with Crippen molar-refractivity contribution in [3.63, 3.8) is 0 Å². The third kappa shape index (κ3) is 4.00. The van der Waals surface area contributed by atoms with E-state index in [9.17, 15) is 19.6 Å². The zero-order chi connectivity index (χ0) is 21.8. The Balaban J connectivity index is 2.00. The van der Waals surface area contributed by atoms with Crippen molar-refractivity contribution in [2.75, 3.05) is 13.2 Å². The number of carbonyl (C=O) groups excluding carboxylic acids is 3. The number of hydrogen-bond acceptors (Lipinski definition) is 6. The van der Waals surface area contributed by atoms with Gasteiger partial charge in [0, 0.05) is 29.9 Å². The van der Waals surface area contributed by atoms with E-state index < -0.39 is 11.8 Å². The molecule has 1 aromatic carbocycles. The van der Waals surface area contributed by atoms with Gasteiger partial charge in [-0.05, 0) is 50.1 Å². The molecule has 0 saturated carbocycles. The number of aliphatic hydroxyl groups is 1. The van der Waals surface area contributed by atoms with E-state index in [4.69, 9.17) is 9.52 Å². The molecule has 0 aliphatic carbocycles. The lowest BCUT2D eigenvalue weighted by molar-refractivity contribution is -0.140. The summed E-state index contributed by atoms with van der Waals surface area (Å²) in [5.74, 6) is -0.373. The molecule has 7 heteroatoms. The predicted octanol–water partition coefficient (Wildman–Crippen LogP) is 3.12. The lowest BCUT2D eigenvalue weighted by Gasteiger charge is -2.27. The number of aliphatic hydroxyl groups excluding tert-OH is 1. The van der Waals surface area contributed by atoms with Crippen molar-refractivity contribution in [3.8, 4) is 17.4 Å². The Bertz CT molecular complexity index is 1130. The van der Waals surface area contributed by atoms with E-state index in [1.54, 1.807) is 37.3 Å². The summed E-state index contributed by atoms with van der Waals surface area (Å²) in [6.45, 7) is 2.87. The fourth-order valence-electron chi connectivity index (χ4n) is 3.18. The summed E-state index contributed by atoms with van der Waals surface area (Å²) in [7, 11) is 0. The van der Waals surface area contributed by atoms with Gasteiger partial charge in [0.05, 0.1) is 0 Å². The first kappa shape index (κ1) is 21.0. The molecule has 2 amide bonds. The maximum atomic E-state index is 12.8. The number of hydrogen-bond donors (Lipinski definition) is 1. The molecule has 7 nitrogen and oxygen atoms in total. The summed E-state index contributed by atoms with van der Waals surface area (Å²) in [6, 6.07) is 12.3. The average Bonchev–Trinajstić information content (AvgIpc) is 3.20. The number of amides is 2. The number of nitriles is 1. The van der Waals surface area contributed by atoms with E-state index >= 15 is 0 Å². The van der Waals surface area contributed by atoms with E-state index in [0.29, 0.717) is 22.6 Å². The van der Waals surface area contributed by atoms with Gasteiger partial charge in [0.25, 0.3) is 11.8 Å². The van der Waals surface area contributed by atoms with Crippen LogP contribution >= 0.6 is 0 Å². The predicted molar refractivity (Wildman–Crippen MR) is 109 cm³/mol. The lowest BCUT2D eigenvalue weighted by atomic mass is 9.94. The van der Waals surface area contributed by atoms with Crippen LogP contribution in [0.3, 0.4) is 0 Å². The molecular weight excluding hydrogens is 384 g/mol. The quantitative estimate of drug-likeness (QED) is 0.450. The summed E-state index contributed by atoms with van der Waals surface area (Å²) in [6.07, 6.45) is 1.71. The summed E-state index contributed by atoms with van der Waals surface area (Å²) < 4.78 is 5.83. The minimum atomic E-state index is -0.660. The average molecular weight is 404 g/mol. The molecule has 0 unspecified atom stereocenters. The summed E-state index contributed by atoms with van der Waals surface area (Å²) in [4.78, 5) is 37.8. The van der Waals surface area contributed by atoms with Crippen molar-refractivity contribution in [3.05, 3.63) is 64.4 Å². The van der Waals surface area contributed by atoms with Gasteiger partial charge in [-0.15, -0.1) is 0 Å². The molecule has 1 N–H and O–H groups in total. The molecule has 152 valence electrons. The van der Waals surface area contributed by atoms with Crippen LogP contribution in [0.4, 0.5) is 0 Å². The maximum absolute atomic E-state index is 12.8. The van der Waals surface area contributed by atoms with Crippen LogP contribution in [-0.2, 0) is 9.59 Å². The van der Waals surface area contributed by atoms with Crippen LogP contribution in [0.15, 0.2) is 57.5 Å². The molecule has 0 saturated heterocycles. The highest BCUT2D eigenvalue weighted by Crippen LogP contribution is 2.29. The van der Waals surface area contributed by atoms with Crippen molar-refractivity contribution in [2.45, 2.75) is 20.3 Å². The molecule has 2 heterocycles. The fraction of sp³-hybridized carbons (Fsp3) is 0.217. The van der Waals surface area contributed by atoms with Crippen molar-refractivity contribution in [1.29, 1.82) is 5.26 Å². The molecule has 0 bridgehead atoms. The van der Waals surface area contributed by atoms with Gasteiger partial charge in [0.1, 0.15) is 23.2 Å². The monoisotopic (exact) mass is 404 g/mol. The van der Waals surface area contributed by atoms with Gasteiger partial charge < -0.3 is 9.52 Å². The van der Waals surface area contributed by atoms with Crippen LogP contribution in [-0.4, -0.2) is 40.8 Å². The summed E-state index contributed by atoms with van der Waals surface area (Å²) >= 11 is 0. The number of nitrogens with zero attached hydrogens (tertiary/aromatic N) is 2. The smallest absolute Gasteiger partial charge is 0.271 e. The van der Waals surface area contributed by atoms with E-state index in [-0.39, 0.29) is 42.1 Å². The second-order valence-electron chi connectivity index (χ2n) is 6.85. The minimum absolute atomic E-state index is 0.0191. The van der Waals surface area contributed by atoms with Crippen molar-refractivity contribution in [2.24, 2.45) is 0 Å². The molecule has 1 aliphatic rings. The SMILES string of the molecule is CC(=O)c1cccc(-c2ccc(C=C3C(=O)N(CCCO)C(=O)C(C#N)=C3C)o2)c1. The fourth-order valence-corrected chi connectivity index (χ4v) is 3.18. The highest BCUT2D eigenvalue weighted by molar-refractivity contribution is 6.19. The first-order chi connectivity index (χ1) is 14.4. The largest absolute Gasteiger partial charge is 0.457 e. The Labute approximate surface area is 173 Å². The van der Waals surface area contributed by atoms with Gasteiger partial charge in [-0.1, -0.05) is 18.2 Å². The van der Waals surface area contributed by atoms with Gasteiger partial charge in [0.15, 0.2) is 5.78 Å². The topological polar surface area (TPSA) is 112 Å². The van der Waals surface area contributed by atoms with Crippen LogP contribution in [0.5, 0.6) is 0 Å². The van der Waals surface area contributed by atoms with Crippen molar-refractivity contribution >= 4 is 23.7 Å². The number of Topliss-reactive ketones (excluding diaryl/α,β-unsaturated/α-hetero) is 1. The Morgan fingerprint density at radius 1 is 1.23 bits per heavy atom. The van der Waals surface area contributed by atoms with E-state index in [0.717, 1.165) is 4.90 Å². The second-order valence-corrected chi connectivity index (χ2v) is 6.85. The number of ketones is 1. The van der Waals surface area contributed by atoms with Crippen molar-refractivity contribution in [1.82, 2.24) is 4.90 Å². The van der Waals surface area contributed by atoms with Gasteiger partial charge >= 0.3 is 0 Å². The summed E-state index contributed by atoms with van der Waals surface area (Å²) in [5.41, 5.74) is 1.63. The molecule has 0 spiro atoms. The number of rotatable bonds is 6. The number of imide groups is 1. The molecular formula is C23H20N2O5. The van der Waals surface area contributed by atoms with E-state index in [1.165, 1.54) is 13.0 Å². The third-order valence-corrected chi connectivity index (χ3v) is 4.83. The van der Waals surface area contributed by atoms with Crippen LogP contribution < -0.4 is 0 Å². The molecule has 2 aromatic rings. The Morgan fingerprint density at radius 3 is 2.67 bits per heavy atom. The van der Waals surface area contributed by atoms with E-state index in [2.05, 4.69) is 0 Å². The van der Waals surface area contributed by atoms with Crippen LogP contribution in [0.25, 0.3) is 17.4 Å². The molecule has 0 fully saturated rings. The highest BCUT2D eigenvalue weighted by atomic mass is 16.3. The van der Waals surface area contributed by atoms with Gasteiger partial charge in [-0.2, -0.15) is 5.26 Å². The Kier molecular flexibility index (Phi) is 6.09. The molecule has 30 heavy (non-hydrogen) atoms. The lowest BCUT2D eigenvalue weighted by Crippen LogP contribution is -2.43. The highest BCUT2D eigenvalue weighted by Gasteiger charge is 2.35. The second kappa shape index (κ2) is 8.72. The third-order valence-electron chi connectivity index (χ3n) is 4.83. The summed E-state index contributed by atoms with van der Waals surface area (Å²) in [5, 5.41) is 18.4. The number of carbonyl (C=O) groups is 3. The molecule has 1 aromatic heterocycles. The van der Waals surface area contributed by atoms with Crippen LogP contribution in [0, 0.1) is 11.3 Å². The van der Waals surface area contributed by atoms with Crippen LogP contribution in [0.2, 0.25) is 0 Å². The number of furan rings is 1. The first-order valence-corrected chi connectivity index (χ1v) is 9.38. The van der Waals surface area contributed by atoms with Crippen LogP contribution in [0.1, 0.15) is 36.4 Å². The van der Waals surface area contributed by atoms with Gasteiger partial charge in [-0.3, -0.25) is 19.3 Å². The molecule has 3 rings (SSSR count). The zero-order valence-corrected chi connectivity index (χ0v) is 16.6. The molecule has 0 radical (unpaired) electrons. The first-order valence-electron chi connectivity index (χ1n) is 9.38.